The predicted octanol–water partition coefficient (Wildman–Crippen LogP) is 2.22. The zero-order valence-electron chi connectivity index (χ0n) is 5.70. The summed E-state index contributed by atoms with van der Waals surface area (Å²) in [6.45, 7) is 6.87. The minimum absolute atomic E-state index is 0.282. The fraction of sp³-hybridized carbons (Fsp3) is 0.200. The van der Waals surface area contributed by atoms with Crippen LogP contribution in [0.1, 0.15) is 0 Å². The van der Waals surface area contributed by atoms with Crippen molar-refractivity contribution >= 4 is 22.5 Å². The molecule has 0 atom stereocenters. The predicted molar refractivity (Wildman–Crippen MR) is 48.8 cm³/mol. The van der Waals surface area contributed by atoms with Crippen molar-refractivity contribution in [1.29, 1.82) is 0 Å². The van der Waals surface area contributed by atoms with E-state index in [4.69, 9.17) is 9.11 Å². The largest absolute Gasteiger partial charge is 0.281 e. The van der Waals surface area contributed by atoms with E-state index in [0.29, 0.717) is 0 Å². The van der Waals surface area contributed by atoms with Crippen molar-refractivity contribution in [3.05, 3.63) is 22.8 Å². The summed E-state index contributed by atoms with van der Waals surface area (Å²) in [5.41, 5.74) is 0. The minimum Gasteiger partial charge on any atom is -0.281 e. The van der Waals surface area contributed by atoms with Gasteiger partial charge in [-0.1, -0.05) is 24.9 Å². The van der Waals surface area contributed by atoms with Gasteiger partial charge in [0.1, 0.15) is 4.24 Å². The summed E-state index contributed by atoms with van der Waals surface area (Å²) in [6, 6.07) is 0. The van der Waals surface area contributed by atoms with Crippen LogP contribution in [0.15, 0.2) is 22.8 Å². The van der Waals surface area contributed by atoms with Crippen LogP contribution in [0.3, 0.4) is 0 Å². The normalized spacial score (nSPS) is 12.7. The van der Waals surface area contributed by atoms with E-state index in [-0.39, 0.29) is 4.24 Å². The van der Waals surface area contributed by atoms with Crippen molar-refractivity contribution in [3.8, 4) is 0 Å². The van der Waals surface area contributed by atoms with Crippen molar-refractivity contribution in [1.82, 2.24) is 4.72 Å². The highest BCUT2D eigenvalue weighted by atomic mass is 32.3. The fourth-order valence-corrected chi connectivity index (χ4v) is 1.68. The van der Waals surface area contributed by atoms with E-state index in [1.165, 1.54) is 12.5 Å². The number of thioether (sulfide) groups is 1. The Morgan fingerprint density at radius 1 is 1.70 bits per heavy atom. The number of hydrogen-bond acceptors (Lipinski definition) is 4. The second-order valence-electron chi connectivity index (χ2n) is 1.41. The standard InChI is InChI=1S/C5H11NO2S2/c1-4-9-5(2)10(7,8)6-3/h4,6-8H,1-2H2,3H3. The Balaban J connectivity index is 4.03. The third-order valence-electron chi connectivity index (χ3n) is 0.817. The molecule has 0 fully saturated rings. The summed E-state index contributed by atoms with van der Waals surface area (Å²) in [5, 5.41) is 1.49. The molecule has 0 amide bonds. The van der Waals surface area contributed by atoms with Gasteiger partial charge in [0.25, 0.3) is 0 Å². The molecular formula is C5H11NO2S2. The molecule has 0 bridgehead atoms. The summed E-state index contributed by atoms with van der Waals surface area (Å²) in [7, 11) is -1.35. The Bertz CT molecular complexity index is 147. The van der Waals surface area contributed by atoms with Crippen LogP contribution in [-0.4, -0.2) is 16.2 Å². The first-order valence-corrected chi connectivity index (χ1v) is 4.90. The van der Waals surface area contributed by atoms with Gasteiger partial charge in [-0.3, -0.25) is 9.11 Å². The molecule has 0 aliphatic rings. The molecule has 0 rings (SSSR count). The molecule has 10 heavy (non-hydrogen) atoms. The fourth-order valence-electron chi connectivity index (χ4n) is 0.274. The summed E-state index contributed by atoms with van der Waals surface area (Å²) < 4.78 is 20.8. The van der Waals surface area contributed by atoms with Gasteiger partial charge >= 0.3 is 0 Å². The van der Waals surface area contributed by atoms with Crippen LogP contribution in [-0.2, 0) is 0 Å². The maximum Gasteiger partial charge on any atom is 0.105 e. The maximum atomic E-state index is 9.08. The van der Waals surface area contributed by atoms with Crippen molar-refractivity contribution in [2.24, 2.45) is 0 Å². The second kappa shape index (κ2) is 4.05. The van der Waals surface area contributed by atoms with Crippen molar-refractivity contribution in [3.63, 3.8) is 0 Å². The summed E-state index contributed by atoms with van der Waals surface area (Å²) in [5.74, 6) is 0. The molecule has 0 saturated heterocycles. The molecule has 0 saturated carbocycles. The van der Waals surface area contributed by atoms with E-state index in [1.807, 2.05) is 0 Å². The smallest absolute Gasteiger partial charge is 0.105 e. The lowest BCUT2D eigenvalue weighted by Gasteiger charge is -2.31. The molecular weight excluding hydrogens is 170 g/mol. The van der Waals surface area contributed by atoms with Gasteiger partial charge in [0, 0.05) is 7.05 Å². The third kappa shape index (κ3) is 2.76. The van der Waals surface area contributed by atoms with Crippen molar-refractivity contribution in [2.75, 3.05) is 7.05 Å². The molecule has 0 radical (unpaired) electrons. The first kappa shape index (κ1) is 10.1. The molecule has 3 nitrogen and oxygen atoms in total. The van der Waals surface area contributed by atoms with Crippen molar-refractivity contribution in [2.45, 2.75) is 0 Å². The Kier molecular flexibility index (Phi) is 4.07. The maximum absolute atomic E-state index is 9.08. The second-order valence-corrected chi connectivity index (χ2v) is 4.73. The highest BCUT2D eigenvalue weighted by molar-refractivity contribution is 8.36. The average Bonchev–Trinajstić information content (AvgIpc) is 1.89. The third-order valence-corrected chi connectivity index (χ3v) is 3.44. The number of nitrogens with one attached hydrogen (secondary N) is 1. The zero-order valence-corrected chi connectivity index (χ0v) is 7.34. The lowest BCUT2D eigenvalue weighted by molar-refractivity contribution is 0.488. The van der Waals surface area contributed by atoms with E-state index in [9.17, 15) is 0 Å². The van der Waals surface area contributed by atoms with Gasteiger partial charge in [-0.05, 0) is 5.41 Å². The first-order valence-electron chi connectivity index (χ1n) is 2.48. The summed E-state index contributed by atoms with van der Waals surface area (Å²) in [4.78, 5) is 0. The zero-order chi connectivity index (χ0) is 8.20. The van der Waals surface area contributed by atoms with Crippen LogP contribution >= 0.6 is 22.5 Å². The Labute approximate surface area is 66.7 Å². The molecule has 0 aliphatic heterocycles. The van der Waals surface area contributed by atoms with E-state index in [0.717, 1.165) is 11.8 Å². The highest BCUT2D eigenvalue weighted by Crippen LogP contribution is 2.47. The van der Waals surface area contributed by atoms with Gasteiger partial charge in [-0.15, -0.1) is 10.8 Å². The number of hydrogen-bond donors (Lipinski definition) is 3. The van der Waals surface area contributed by atoms with Gasteiger partial charge in [-0.25, -0.2) is 4.72 Å². The van der Waals surface area contributed by atoms with Crippen LogP contribution in [0.5, 0.6) is 0 Å². The lowest BCUT2D eigenvalue weighted by atomic mass is 11.2. The SMILES string of the molecule is C=CSC(=C)S(O)(O)NC. The van der Waals surface area contributed by atoms with E-state index < -0.39 is 10.8 Å². The molecule has 60 valence electrons. The van der Waals surface area contributed by atoms with Gasteiger partial charge < -0.3 is 0 Å². The topological polar surface area (TPSA) is 52.5 Å². The summed E-state index contributed by atoms with van der Waals surface area (Å²) in [6.07, 6.45) is 0. The molecule has 0 aromatic carbocycles. The van der Waals surface area contributed by atoms with Gasteiger partial charge in [0.15, 0.2) is 0 Å². The molecule has 0 spiro atoms. The number of rotatable bonds is 4. The van der Waals surface area contributed by atoms with Crippen LogP contribution in [0.25, 0.3) is 0 Å². The molecule has 0 unspecified atom stereocenters. The van der Waals surface area contributed by atoms with Gasteiger partial charge in [-0.2, -0.15) is 0 Å². The van der Waals surface area contributed by atoms with Crippen LogP contribution in [0.4, 0.5) is 0 Å². The molecule has 0 aromatic heterocycles. The lowest BCUT2D eigenvalue weighted by Crippen LogP contribution is -2.14. The quantitative estimate of drug-likeness (QED) is 0.622. The van der Waals surface area contributed by atoms with E-state index in [2.05, 4.69) is 17.9 Å². The Hall–Kier alpha value is 0.0600. The van der Waals surface area contributed by atoms with E-state index in [1.54, 1.807) is 0 Å². The molecule has 5 heteroatoms. The highest BCUT2D eigenvalue weighted by Gasteiger charge is 2.12. The average molecular weight is 181 g/mol. The summed E-state index contributed by atoms with van der Waals surface area (Å²) >= 11 is 1.11. The minimum atomic E-state index is -2.81. The first-order chi connectivity index (χ1) is 4.54. The monoisotopic (exact) mass is 181 g/mol. The molecule has 3 N–H and O–H groups in total. The van der Waals surface area contributed by atoms with Gasteiger partial charge in [0.05, 0.1) is 0 Å². The Morgan fingerprint density at radius 3 is 2.50 bits per heavy atom. The van der Waals surface area contributed by atoms with Crippen LogP contribution in [0.2, 0.25) is 0 Å². The van der Waals surface area contributed by atoms with Crippen LogP contribution < -0.4 is 4.72 Å². The van der Waals surface area contributed by atoms with E-state index >= 15 is 0 Å². The van der Waals surface area contributed by atoms with Gasteiger partial charge in [0.2, 0.25) is 0 Å². The van der Waals surface area contributed by atoms with Crippen LogP contribution in [0, 0.1) is 0 Å². The van der Waals surface area contributed by atoms with Crippen molar-refractivity contribution < 1.29 is 9.11 Å². The molecule has 0 heterocycles. The molecule has 0 aromatic rings. The molecule has 0 aliphatic carbocycles. The Morgan fingerprint density at radius 2 is 2.20 bits per heavy atom.